The Balaban J connectivity index is 1.79. The lowest BCUT2D eigenvalue weighted by Gasteiger charge is -2.36. The molecule has 1 atom stereocenters. The summed E-state index contributed by atoms with van der Waals surface area (Å²) < 4.78 is 0. The van der Waals surface area contributed by atoms with Crippen LogP contribution in [0.2, 0.25) is 0 Å². The molecule has 1 saturated heterocycles. The number of hydrogen-bond donors (Lipinski definition) is 2. The molecule has 1 unspecified atom stereocenters. The molecule has 2 aromatic carbocycles. The molecule has 0 saturated carbocycles. The molecule has 0 spiro atoms. The maximum atomic E-state index is 12.4. The number of piperidine rings is 1. The second-order valence-electron chi connectivity index (χ2n) is 6.53. The summed E-state index contributed by atoms with van der Waals surface area (Å²) in [7, 11) is 0. The Morgan fingerprint density at radius 1 is 1.21 bits per heavy atom. The number of nitrogens with two attached hydrogens (primary N) is 1. The standard InChI is InChI=1S/C20H25N3O/c1-15-7-5-6-12-23(15)19-11-10-17(21)14-18(19)22-20(24)13-16-8-3-2-4-9-16/h2-4,8-11,14-15H,5-7,12-13,21H2,1H3,(H,22,24). The number of nitrogens with zero attached hydrogens (tertiary/aromatic N) is 1. The molecule has 1 fully saturated rings. The predicted octanol–water partition coefficient (Wildman–Crippen LogP) is 3.83. The van der Waals surface area contributed by atoms with Crippen LogP contribution in [0.25, 0.3) is 0 Å². The highest BCUT2D eigenvalue weighted by Crippen LogP contribution is 2.33. The third kappa shape index (κ3) is 3.88. The van der Waals surface area contributed by atoms with Crippen LogP contribution in [0.5, 0.6) is 0 Å². The van der Waals surface area contributed by atoms with Gasteiger partial charge in [0.15, 0.2) is 0 Å². The van der Waals surface area contributed by atoms with Crippen LogP contribution in [0.15, 0.2) is 48.5 Å². The van der Waals surface area contributed by atoms with E-state index in [1.54, 1.807) is 0 Å². The molecular weight excluding hydrogens is 298 g/mol. The van der Waals surface area contributed by atoms with Gasteiger partial charge in [-0.15, -0.1) is 0 Å². The summed E-state index contributed by atoms with van der Waals surface area (Å²) in [5.74, 6) is -0.0160. The molecule has 0 aliphatic carbocycles. The zero-order valence-electron chi connectivity index (χ0n) is 14.2. The fourth-order valence-electron chi connectivity index (χ4n) is 3.34. The maximum absolute atomic E-state index is 12.4. The number of anilines is 3. The van der Waals surface area contributed by atoms with Crippen LogP contribution in [0.4, 0.5) is 17.1 Å². The molecule has 0 bridgehead atoms. The second-order valence-corrected chi connectivity index (χ2v) is 6.53. The topological polar surface area (TPSA) is 58.4 Å². The summed E-state index contributed by atoms with van der Waals surface area (Å²) in [4.78, 5) is 14.8. The van der Waals surface area contributed by atoms with Crippen LogP contribution in [0.3, 0.4) is 0 Å². The van der Waals surface area contributed by atoms with Gasteiger partial charge in [0.2, 0.25) is 5.91 Å². The highest BCUT2D eigenvalue weighted by Gasteiger charge is 2.21. The van der Waals surface area contributed by atoms with E-state index in [2.05, 4.69) is 17.1 Å². The molecule has 1 heterocycles. The summed E-state index contributed by atoms with van der Waals surface area (Å²) in [6, 6.07) is 16.0. The first-order valence-electron chi connectivity index (χ1n) is 8.63. The van der Waals surface area contributed by atoms with Crippen molar-refractivity contribution in [2.75, 3.05) is 22.5 Å². The molecule has 3 N–H and O–H groups in total. The van der Waals surface area contributed by atoms with E-state index in [-0.39, 0.29) is 5.91 Å². The highest BCUT2D eigenvalue weighted by atomic mass is 16.1. The monoisotopic (exact) mass is 323 g/mol. The zero-order chi connectivity index (χ0) is 16.9. The van der Waals surface area contributed by atoms with Gasteiger partial charge in [0, 0.05) is 18.3 Å². The maximum Gasteiger partial charge on any atom is 0.228 e. The second kappa shape index (κ2) is 7.39. The molecule has 0 radical (unpaired) electrons. The number of carbonyl (C=O) groups excluding carboxylic acids is 1. The van der Waals surface area contributed by atoms with E-state index in [9.17, 15) is 4.79 Å². The Kier molecular flexibility index (Phi) is 5.04. The minimum atomic E-state index is -0.0160. The number of nitrogens with one attached hydrogen (secondary N) is 1. The van der Waals surface area contributed by atoms with E-state index in [0.29, 0.717) is 18.2 Å². The molecule has 24 heavy (non-hydrogen) atoms. The Morgan fingerprint density at radius 3 is 2.75 bits per heavy atom. The van der Waals surface area contributed by atoms with Gasteiger partial charge in [-0.2, -0.15) is 0 Å². The number of nitrogen functional groups attached to an aromatic ring is 1. The Morgan fingerprint density at radius 2 is 2.00 bits per heavy atom. The van der Waals surface area contributed by atoms with Crippen molar-refractivity contribution in [2.45, 2.75) is 38.6 Å². The molecule has 1 aliphatic rings. The predicted molar refractivity (Wildman–Crippen MR) is 100 cm³/mol. The summed E-state index contributed by atoms with van der Waals surface area (Å²) >= 11 is 0. The average molecular weight is 323 g/mol. The lowest BCUT2D eigenvalue weighted by molar-refractivity contribution is -0.115. The first-order valence-corrected chi connectivity index (χ1v) is 8.63. The first-order chi connectivity index (χ1) is 11.6. The first kappa shape index (κ1) is 16.4. The molecule has 126 valence electrons. The molecule has 4 nitrogen and oxygen atoms in total. The van der Waals surface area contributed by atoms with Gasteiger partial charge in [-0.25, -0.2) is 0 Å². The minimum Gasteiger partial charge on any atom is -0.399 e. The largest absolute Gasteiger partial charge is 0.399 e. The van der Waals surface area contributed by atoms with Gasteiger partial charge in [0.05, 0.1) is 17.8 Å². The molecule has 2 aromatic rings. The van der Waals surface area contributed by atoms with Crippen molar-refractivity contribution >= 4 is 23.0 Å². The lowest BCUT2D eigenvalue weighted by Crippen LogP contribution is -2.38. The van der Waals surface area contributed by atoms with Crippen LogP contribution in [0.1, 0.15) is 31.7 Å². The van der Waals surface area contributed by atoms with Crippen molar-refractivity contribution in [3.05, 3.63) is 54.1 Å². The van der Waals surface area contributed by atoms with Gasteiger partial charge >= 0.3 is 0 Å². The lowest BCUT2D eigenvalue weighted by atomic mass is 10.0. The molecular formula is C20H25N3O. The minimum absolute atomic E-state index is 0.0160. The molecule has 1 amide bonds. The van der Waals surface area contributed by atoms with E-state index in [4.69, 9.17) is 5.73 Å². The third-order valence-electron chi connectivity index (χ3n) is 4.61. The van der Waals surface area contributed by atoms with Crippen molar-refractivity contribution in [1.29, 1.82) is 0 Å². The smallest absolute Gasteiger partial charge is 0.228 e. The van der Waals surface area contributed by atoms with Crippen LogP contribution in [0, 0.1) is 0 Å². The van der Waals surface area contributed by atoms with E-state index in [1.165, 1.54) is 19.3 Å². The molecule has 4 heteroatoms. The molecule has 0 aromatic heterocycles. The van der Waals surface area contributed by atoms with Crippen molar-refractivity contribution in [1.82, 2.24) is 0 Å². The Bertz CT molecular complexity index is 699. The zero-order valence-corrected chi connectivity index (χ0v) is 14.2. The van der Waals surface area contributed by atoms with Gasteiger partial charge in [0.25, 0.3) is 0 Å². The molecule has 1 aliphatic heterocycles. The fraction of sp³-hybridized carbons (Fsp3) is 0.350. The van der Waals surface area contributed by atoms with Gasteiger partial charge < -0.3 is 16.0 Å². The van der Waals surface area contributed by atoms with E-state index >= 15 is 0 Å². The third-order valence-corrected chi connectivity index (χ3v) is 4.61. The van der Waals surface area contributed by atoms with E-state index < -0.39 is 0 Å². The van der Waals surface area contributed by atoms with Crippen molar-refractivity contribution in [3.63, 3.8) is 0 Å². The molecule has 3 rings (SSSR count). The van der Waals surface area contributed by atoms with Gasteiger partial charge in [-0.05, 0) is 49.9 Å². The van der Waals surface area contributed by atoms with Crippen molar-refractivity contribution in [2.24, 2.45) is 0 Å². The SMILES string of the molecule is CC1CCCCN1c1ccc(N)cc1NC(=O)Cc1ccccc1. The normalized spacial score (nSPS) is 17.5. The highest BCUT2D eigenvalue weighted by molar-refractivity contribution is 5.96. The summed E-state index contributed by atoms with van der Waals surface area (Å²) in [6.07, 6.45) is 4.00. The average Bonchev–Trinajstić information content (AvgIpc) is 2.57. The number of amides is 1. The van der Waals surface area contributed by atoms with Crippen LogP contribution in [-0.2, 0) is 11.2 Å². The van der Waals surface area contributed by atoms with Gasteiger partial charge in [-0.1, -0.05) is 30.3 Å². The Labute approximate surface area is 143 Å². The van der Waals surface area contributed by atoms with Gasteiger partial charge in [0.1, 0.15) is 0 Å². The number of rotatable bonds is 4. The van der Waals surface area contributed by atoms with E-state index in [1.807, 2.05) is 48.5 Å². The van der Waals surface area contributed by atoms with Crippen molar-refractivity contribution < 1.29 is 4.79 Å². The van der Waals surface area contributed by atoms with Crippen LogP contribution < -0.4 is 16.0 Å². The summed E-state index contributed by atoms with van der Waals surface area (Å²) in [6.45, 7) is 3.26. The summed E-state index contributed by atoms with van der Waals surface area (Å²) in [5.41, 5.74) is 9.50. The van der Waals surface area contributed by atoms with Crippen LogP contribution >= 0.6 is 0 Å². The number of carbonyl (C=O) groups is 1. The Hall–Kier alpha value is -2.49. The van der Waals surface area contributed by atoms with Gasteiger partial charge in [-0.3, -0.25) is 4.79 Å². The van der Waals surface area contributed by atoms with Crippen molar-refractivity contribution in [3.8, 4) is 0 Å². The quantitative estimate of drug-likeness (QED) is 0.841. The van der Waals surface area contributed by atoms with Crippen LogP contribution in [-0.4, -0.2) is 18.5 Å². The number of hydrogen-bond acceptors (Lipinski definition) is 3. The fourth-order valence-corrected chi connectivity index (χ4v) is 3.34. The van der Waals surface area contributed by atoms with E-state index in [0.717, 1.165) is 23.5 Å². The number of benzene rings is 2. The summed E-state index contributed by atoms with van der Waals surface area (Å²) in [5, 5.41) is 3.06.